The molecular formula is C16H26N2. The van der Waals surface area contributed by atoms with Crippen LogP contribution in [0.5, 0.6) is 0 Å². The van der Waals surface area contributed by atoms with Gasteiger partial charge in [-0.25, -0.2) is 0 Å². The number of hydrogen-bond acceptors (Lipinski definition) is 2. The predicted octanol–water partition coefficient (Wildman–Crippen LogP) is 3.39. The molecule has 0 aromatic heterocycles. The molecule has 0 radical (unpaired) electrons. The zero-order valence-electron chi connectivity index (χ0n) is 11.9. The van der Waals surface area contributed by atoms with Crippen molar-refractivity contribution in [2.75, 3.05) is 25.5 Å². The van der Waals surface area contributed by atoms with E-state index in [-0.39, 0.29) is 0 Å². The van der Waals surface area contributed by atoms with E-state index in [1.54, 1.807) is 0 Å². The molecule has 100 valence electrons. The molecule has 2 rings (SSSR count). The summed E-state index contributed by atoms with van der Waals surface area (Å²) in [5.74, 6) is 0.773. The van der Waals surface area contributed by atoms with Crippen molar-refractivity contribution in [3.8, 4) is 0 Å². The molecule has 1 N–H and O–H groups in total. The maximum atomic E-state index is 3.66. The molecule has 0 amide bonds. The van der Waals surface area contributed by atoms with Crippen LogP contribution in [0.2, 0.25) is 0 Å². The molecular weight excluding hydrogens is 220 g/mol. The quantitative estimate of drug-likeness (QED) is 0.876. The number of likely N-dealkylation sites (tertiary alicyclic amines) is 1. The van der Waals surface area contributed by atoms with Gasteiger partial charge in [0.2, 0.25) is 0 Å². The number of nitrogens with one attached hydrogen (secondary N) is 1. The Morgan fingerprint density at radius 2 is 2.06 bits per heavy atom. The number of aryl methyl sites for hydroxylation is 1. The van der Waals surface area contributed by atoms with Gasteiger partial charge in [-0.05, 0) is 63.4 Å². The molecule has 0 saturated carbocycles. The van der Waals surface area contributed by atoms with Gasteiger partial charge in [0.1, 0.15) is 0 Å². The van der Waals surface area contributed by atoms with Gasteiger partial charge in [-0.2, -0.15) is 0 Å². The first-order valence-electron chi connectivity index (χ1n) is 7.23. The summed E-state index contributed by atoms with van der Waals surface area (Å²) in [6.07, 6.45) is 3.80. The second-order valence-corrected chi connectivity index (χ2v) is 5.65. The second-order valence-electron chi connectivity index (χ2n) is 5.65. The molecule has 2 heteroatoms. The molecule has 0 bridgehead atoms. The fourth-order valence-corrected chi connectivity index (χ4v) is 2.83. The summed E-state index contributed by atoms with van der Waals surface area (Å²) < 4.78 is 0. The largest absolute Gasteiger partial charge is 0.382 e. The Balaban J connectivity index is 1.91. The number of rotatable bonds is 4. The minimum absolute atomic E-state index is 0.556. The van der Waals surface area contributed by atoms with Gasteiger partial charge >= 0.3 is 0 Å². The molecule has 0 spiro atoms. The summed E-state index contributed by atoms with van der Waals surface area (Å²) in [7, 11) is 2.23. The molecule has 1 heterocycles. The summed E-state index contributed by atoms with van der Waals surface area (Å²) in [6, 6.07) is 9.42. The highest BCUT2D eigenvalue weighted by Crippen LogP contribution is 2.21. The Morgan fingerprint density at radius 1 is 1.33 bits per heavy atom. The van der Waals surface area contributed by atoms with Crippen LogP contribution < -0.4 is 5.32 Å². The zero-order chi connectivity index (χ0) is 13.0. The van der Waals surface area contributed by atoms with E-state index in [9.17, 15) is 0 Å². The third-order valence-electron chi connectivity index (χ3n) is 4.12. The van der Waals surface area contributed by atoms with E-state index >= 15 is 0 Å². The number of piperidine rings is 1. The topological polar surface area (TPSA) is 15.3 Å². The molecule has 1 aliphatic heterocycles. The first-order valence-corrected chi connectivity index (χ1v) is 7.23. The minimum atomic E-state index is 0.556. The van der Waals surface area contributed by atoms with Crippen molar-refractivity contribution in [2.45, 2.75) is 39.2 Å². The van der Waals surface area contributed by atoms with Gasteiger partial charge in [-0.15, -0.1) is 0 Å². The molecule has 1 aliphatic rings. The SMILES string of the molecule is CCc1ccc(NC(C)C2CCCN(C)C2)cc1. The van der Waals surface area contributed by atoms with E-state index in [0.29, 0.717) is 6.04 Å². The van der Waals surface area contributed by atoms with Crippen molar-refractivity contribution in [3.05, 3.63) is 29.8 Å². The summed E-state index contributed by atoms with van der Waals surface area (Å²) in [5.41, 5.74) is 2.67. The number of hydrogen-bond donors (Lipinski definition) is 1. The molecule has 2 nitrogen and oxygen atoms in total. The molecule has 1 aromatic rings. The molecule has 2 atom stereocenters. The Bertz CT molecular complexity index is 358. The molecule has 1 fully saturated rings. The monoisotopic (exact) mass is 246 g/mol. The lowest BCUT2D eigenvalue weighted by molar-refractivity contribution is 0.197. The molecule has 18 heavy (non-hydrogen) atoms. The summed E-state index contributed by atoms with van der Waals surface area (Å²) in [4.78, 5) is 2.45. The van der Waals surface area contributed by atoms with Gasteiger partial charge < -0.3 is 10.2 Å². The third kappa shape index (κ3) is 3.49. The van der Waals surface area contributed by atoms with Crippen LogP contribution in [0.3, 0.4) is 0 Å². The number of nitrogens with zero attached hydrogens (tertiary/aromatic N) is 1. The smallest absolute Gasteiger partial charge is 0.0342 e. The van der Waals surface area contributed by atoms with E-state index < -0.39 is 0 Å². The highest BCUT2D eigenvalue weighted by molar-refractivity contribution is 5.45. The Hall–Kier alpha value is -1.02. The van der Waals surface area contributed by atoms with E-state index in [4.69, 9.17) is 0 Å². The lowest BCUT2D eigenvalue weighted by Crippen LogP contribution is -2.39. The fraction of sp³-hybridized carbons (Fsp3) is 0.625. The van der Waals surface area contributed by atoms with Crippen LogP contribution in [0.15, 0.2) is 24.3 Å². The Labute approximate surface area is 111 Å². The third-order valence-corrected chi connectivity index (χ3v) is 4.12. The number of benzene rings is 1. The van der Waals surface area contributed by atoms with Crippen LogP contribution in [-0.2, 0) is 6.42 Å². The maximum absolute atomic E-state index is 3.66. The lowest BCUT2D eigenvalue weighted by Gasteiger charge is -2.34. The molecule has 1 saturated heterocycles. The Morgan fingerprint density at radius 3 is 2.67 bits per heavy atom. The highest BCUT2D eigenvalue weighted by Gasteiger charge is 2.22. The molecule has 1 aromatic carbocycles. The van der Waals surface area contributed by atoms with Crippen LogP contribution in [0.1, 0.15) is 32.3 Å². The van der Waals surface area contributed by atoms with Gasteiger partial charge in [0, 0.05) is 18.3 Å². The average molecular weight is 246 g/mol. The van der Waals surface area contributed by atoms with Crippen molar-refractivity contribution in [1.29, 1.82) is 0 Å². The van der Waals surface area contributed by atoms with E-state index in [0.717, 1.165) is 12.3 Å². The Kier molecular flexibility index (Phi) is 4.65. The second kappa shape index (κ2) is 6.24. The maximum Gasteiger partial charge on any atom is 0.0342 e. The van der Waals surface area contributed by atoms with Crippen molar-refractivity contribution in [1.82, 2.24) is 4.90 Å². The van der Waals surface area contributed by atoms with Crippen molar-refractivity contribution in [3.63, 3.8) is 0 Å². The van der Waals surface area contributed by atoms with Crippen LogP contribution in [-0.4, -0.2) is 31.1 Å². The predicted molar refractivity (Wildman–Crippen MR) is 79.1 cm³/mol. The first-order chi connectivity index (χ1) is 8.69. The standard InChI is InChI=1S/C16H26N2/c1-4-14-7-9-16(10-8-14)17-13(2)15-6-5-11-18(3)12-15/h7-10,13,15,17H,4-6,11-12H2,1-3H3. The fourth-order valence-electron chi connectivity index (χ4n) is 2.83. The first kappa shape index (κ1) is 13.4. The van der Waals surface area contributed by atoms with Gasteiger partial charge in [0.15, 0.2) is 0 Å². The van der Waals surface area contributed by atoms with Gasteiger partial charge in [-0.3, -0.25) is 0 Å². The van der Waals surface area contributed by atoms with Crippen molar-refractivity contribution in [2.24, 2.45) is 5.92 Å². The van der Waals surface area contributed by atoms with E-state index in [1.165, 1.54) is 37.2 Å². The van der Waals surface area contributed by atoms with Crippen molar-refractivity contribution < 1.29 is 0 Å². The summed E-state index contributed by atoms with van der Waals surface area (Å²) in [5, 5.41) is 3.66. The molecule has 0 aliphatic carbocycles. The van der Waals surface area contributed by atoms with Crippen LogP contribution in [0.4, 0.5) is 5.69 Å². The van der Waals surface area contributed by atoms with E-state index in [1.807, 2.05) is 0 Å². The zero-order valence-corrected chi connectivity index (χ0v) is 11.9. The van der Waals surface area contributed by atoms with Gasteiger partial charge in [-0.1, -0.05) is 19.1 Å². The van der Waals surface area contributed by atoms with Crippen molar-refractivity contribution >= 4 is 5.69 Å². The summed E-state index contributed by atoms with van der Waals surface area (Å²) >= 11 is 0. The van der Waals surface area contributed by atoms with Crippen LogP contribution in [0.25, 0.3) is 0 Å². The lowest BCUT2D eigenvalue weighted by atomic mass is 9.91. The minimum Gasteiger partial charge on any atom is -0.382 e. The van der Waals surface area contributed by atoms with Crippen LogP contribution in [0, 0.1) is 5.92 Å². The molecule has 2 unspecified atom stereocenters. The number of anilines is 1. The highest BCUT2D eigenvalue weighted by atomic mass is 15.1. The average Bonchev–Trinajstić information content (AvgIpc) is 2.39. The summed E-state index contributed by atoms with van der Waals surface area (Å²) in [6.45, 7) is 7.00. The van der Waals surface area contributed by atoms with Crippen LogP contribution >= 0.6 is 0 Å². The van der Waals surface area contributed by atoms with Gasteiger partial charge in [0.05, 0.1) is 0 Å². The normalized spacial score (nSPS) is 22.7. The van der Waals surface area contributed by atoms with E-state index in [2.05, 4.69) is 55.4 Å². The van der Waals surface area contributed by atoms with Gasteiger partial charge in [0.25, 0.3) is 0 Å².